The molecule has 2 bridgehead atoms. The largest absolute Gasteiger partial charge is 0.471 e. The van der Waals surface area contributed by atoms with Crippen LogP contribution in [0.5, 0.6) is 0 Å². The van der Waals surface area contributed by atoms with Gasteiger partial charge in [-0.1, -0.05) is 34.6 Å². The van der Waals surface area contributed by atoms with E-state index in [4.69, 9.17) is 0 Å². The number of hydrogen-bond acceptors (Lipinski definition) is 4. The highest BCUT2D eigenvalue weighted by molar-refractivity contribution is 6.00. The van der Waals surface area contributed by atoms with Crippen LogP contribution in [0.3, 0.4) is 0 Å². The molecule has 6 nitrogen and oxygen atoms in total. The number of fused-ring (bicyclic) bond motifs is 2. The molecule has 9 heteroatoms. The lowest BCUT2D eigenvalue weighted by Gasteiger charge is -2.60. The molecule has 0 aromatic rings. The molecule has 0 aromatic heterocycles. The SMILES string of the molecule is COC(=O)N(C(=O)C(F)(F)F)[C@H](C(=O)N1C[C@H]2C[C@@H](C1)C2(C)C)C(C)(C)C. The van der Waals surface area contributed by atoms with Crippen molar-refractivity contribution in [1.82, 2.24) is 9.80 Å². The van der Waals surface area contributed by atoms with Crippen LogP contribution in [0, 0.1) is 22.7 Å². The van der Waals surface area contributed by atoms with E-state index >= 15 is 0 Å². The van der Waals surface area contributed by atoms with Crippen molar-refractivity contribution in [2.45, 2.75) is 53.3 Å². The second-order valence-corrected chi connectivity index (χ2v) is 9.11. The fraction of sp³-hybridized carbons (Fsp3) is 0.833. The van der Waals surface area contributed by atoms with Gasteiger partial charge >= 0.3 is 18.2 Å². The maximum absolute atomic E-state index is 13.2. The summed E-state index contributed by atoms with van der Waals surface area (Å²) in [7, 11) is 0.877. The normalized spacial score (nSPS) is 25.3. The van der Waals surface area contributed by atoms with Crippen LogP contribution in [-0.4, -0.2) is 60.1 Å². The topological polar surface area (TPSA) is 66.9 Å². The lowest BCUT2D eigenvalue weighted by Crippen LogP contribution is -2.66. The standard InChI is InChI=1S/C18H27F3N2O4/c1-16(2,3)12(23(15(26)27-6)14(25)18(19,20)21)13(24)22-8-10-7-11(9-22)17(10,4)5/h10-12H,7-9H2,1-6H3/t10-,11+,12-/m1/s1. The predicted molar refractivity (Wildman–Crippen MR) is 90.5 cm³/mol. The number of piperidine rings is 2. The molecule has 2 aliphatic heterocycles. The molecule has 154 valence electrons. The summed E-state index contributed by atoms with van der Waals surface area (Å²) in [6.45, 7) is 9.59. The Morgan fingerprint density at radius 1 is 1.11 bits per heavy atom. The molecular weight excluding hydrogens is 365 g/mol. The number of methoxy groups -OCH3 is 1. The predicted octanol–water partition coefficient (Wildman–Crippen LogP) is 3.06. The van der Waals surface area contributed by atoms with Gasteiger partial charge in [-0.15, -0.1) is 0 Å². The van der Waals surface area contributed by atoms with Gasteiger partial charge in [0.2, 0.25) is 5.91 Å². The number of imide groups is 1. The van der Waals surface area contributed by atoms with Crippen LogP contribution in [-0.2, 0) is 14.3 Å². The molecule has 3 atom stereocenters. The van der Waals surface area contributed by atoms with Crippen molar-refractivity contribution < 1.29 is 32.3 Å². The monoisotopic (exact) mass is 392 g/mol. The van der Waals surface area contributed by atoms with Crippen molar-refractivity contribution in [3.05, 3.63) is 0 Å². The van der Waals surface area contributed by atoms with E-state index in [1.807, 2.05) is 0 Å². The van der Waals surface area contributed by atoms with Crippen molar-refractivity contribution in [2.24, 2.45) is 22.7 Å². The Kier molecular flexibility index (Phi) is 5.31. The van der Waals surface area contributed by atoms with E-state index in [9.17, 15) is 27.6 Å². The van der Waals surface area contributed by atoms with E-state index in [-0.39, 0.29) is 22.2 Å². The van der Waals surface area contributed by atoms with Gasteiger partial charge < -0.3 is 9.64 Å². The van der Waals surface area contributed by atoms with Crippen molar-refractivity contribution >= 4 is 17.9 Å². The second kappa shape index (κ2) is 6.67. The first kappa shape index (κ1) is 21.5. The molecule has 1 aliphatic carbocycles. The van der Waals surface area contributed by atoms with Gasteiger partial charge in [0, 0.05) is 13.1 Å². The first-order chi connectivity index (χ1) is 12.1. The minimum absolute atomic E-state index is 0.0757. The molecule has 3 rings (SSSR count). The van der Waals surface area contributed by atoms with Gasteiger partial charge in [-0.05, 0) is 29.1 Å². The smallest absolute Gasteiger partial charge is 0.452 e. The van der Waals surface area contributed by atoms with Crippen LogP contribution < -0.4 is 0 Å². The molecule has 0 unspecified atom stereocenters. The number of carbonyl (C=O) groups is 3. The number of ether oxygens (including phenoxy) is 1. The summed E-state index contributed by atoms with van der Waals surface area (Å²) >= 11 is 0. The van der Waals surface area contributed by atoms with Crippen molar-refractivity contribution in [2.75, 3.05) is 20.2 Å². The number of amides is 3. The molecule has 2 heterocycles. The number of hydrogen-bond donors (Lipinski definition) is 0. The van der Waals surface area contributed by atoms with Crippen molar-refractivity contribution in [3.63, 3.8) is 0 Å². The summed E-state index contributed by atoms with van der Waals surface area (Å²) in [5.74, 6) is -2.54. The highest BCUT2D eigenvalue weighted by Crippen LogP contribution is 2.55. The zero-order valence-electron chi connectivity index (χ0n) is 16.5. The van der Waals surface area contributed by atoms with Gasteiger partial charge in [0.15, 0.2) is 0 Å². The molecule has 2 saturated heterocycles. The third kappa shape index (κ3) is 3.78. The zero-order chi connectivity index (χ0) is 20.9. The number of nitrogens with zero attached hydrogens (tertiary/aromatic N) is 2. The summed E-state index contributed by atoms with van der Waals surface area (Å²) in [5, 5.41) is 0. The maximum atomic E-state index is 13.2. The summed E-state index contributed by atoms with van der Waals surface area (Å²) in [4.78, 5) is 38.6. The molecule has 0 aromatic carbocycles. The quantitative estimate of drug-likeness (QED) is 0.724. The Morgan fingerprint density at radius 2 is 1.59 bits per heavy atom. The molecule has 0 spiro atoms. The van der Waals surface area contributed by atoms with Crippen LogP contribution in [0.2, 0.25) is 0 Å². The first-order valence-electron chi connectivity index (χ1n) is 8.89. The van der Waals surface area contributed by atoms with E-state index in [1.165, 1.54) is 25.7 Å². The van der Waals surface area contributed by atoms with E-state index in [0.29, 0.717) is 13.1 Å². The van der Waals surface area contributed by atoms with Crippen LogP contribution in [0.1, 0.15) is 41.0 Å². The molecule has 0 N–H and O–H groups in total. The van der Waals surface area contributed by atoms with Gasteiger partial charge in [-0.3, -0.25) is 9.59 Å². The van der Waals surface area contributed by atoms with Gasteiger partial charge in [0.25, 0.3) is 0 Å². The van der Waals surface area contributed by atoms with Gasteiger partial charge in [0.1, 0.15) is 6.04 Å². The first-order valence-corrected chi connectivity index (χ1v) is 8.89. The van der Waals surface area contributed by atoms with Crippen LogP contribution in [0.15, 0.2) is 0 Å². The summed E-state index contributed by atoms with van der Waals surface area (Å²) in [6, 6.07) is -1.61. The van der Waals surface area contributed by atoms with E-state index in [0.717, 1.165) is 13.5 Å². The van der Waals surface area contributed by atoms with E-state index in [2.05, 4.69) is 18.6 Å². The Morgan fingerprint density at radius 3 is 1.93 bits per heavy atom. The average molecular weight is 392 g/mol. The van der Waals surface area contributed by atoms with Crippen molar-refractivity contribution in [1.29, 1.82) is 0 Å². The Bertz CT molecular complexity index is 625. The third-order valence-corrected chi connectivity index (χ3v) is 6.01. The fourth-order valence-corrected chi connectivity index (χ4v) is 4.11. The number of alkyl halides is 3. The van der Waals surface area contributed by atoms with E-state index < -0.39 is 35.5 Å². The van der Waals surface area contributed by atoms with Crippen LogP contribution >= 0.6 is 0 Å². The van der Waals surface area contributed by atoms with Gasteiger partial charge in [0.05, 0.1) is 7.11 Å². The molecule has 3 amide bonds. The van der Waals surface area contributed by atoms with E-state index in [1.54, 1.807) is 0 Å². The number of rotatable bonds is 2. The Hall–Kier alpha value is -1.80. The third-order valence-electron chi connectivity index (χ3n) is 6.01. The Balaban J connectivity index is 2.37. The number of carbonyl (C=O) groups excluding carboxylic acids is 3. The van der Waals surface area contributed by atoms with Crippen LogP contribution in [0.4, 0.5) is 18.0 Å². The molecule has 3 fully saturated rings. The molecule has 27 heavy (non-hydrogen) atoms. The maximum Gasteiger partial charge on any atom is 0.471 e. The Labute approximate surface area is 157 Å². The molecule has 3 aliphatic rings. The average Bonchev–Trinajstić information content (AvgIpc) is 2.55. The summed E-state index contributed by atoms with van der Waals surface area (Å²) in [6.07, 6.45) is -5.82. The second-order valence-electron chi connectivity index (χ2n) is 9.11. The molecule has 1 saturated carbocycles. The fourth-order valence-electron chi connectivity index (χ4n) is 4.11. The lowest BCUT2D eigenvalue weighted by molar-refractivity contribution is -0.190. The summed E-state index contributed by atoms with van der Waals surface area (Å²) in [5.41, 5.74) is -1.03. The lowest BCUT2D eigenvalue weighted by atomic mass is 9.52. The van der Waals surface area contributed by atoms with Crippen LogP contribution in [0.25, 0.3) is 0 Å². The van der Waals surface area contributed by atoms with Gasteiger partial charge in [-0.25, -0.2) is 9.69 Å². The highest BCUT2D eigenvalue weighted by atomic mass is 19.4. The molecule has 0 radical (unpaired) electrons. The number of halogens is 3. The molecular formula is C18H27F3N2O4. The minimum Gasteiger partial charge on any atom is -0.452 e. The van der Waals surface area contributed by atoms with Gasteiger partial charge in [-0.2, -0.15) is 13.2 Å². The minimum atomic E-state index is -5.30. The van der Waals surface area contributed by atoms with Crippen molar-refractivity contribution in [3.8, 4) is 0 Å². The zero-order valence-corrected chi connectivity index (χ0v) is 16.5. The highest BCUT2D eigenvalue weighted by Gasteiger charge is 2.57. The summed E-state index contributed by atoms with van der Waals surface area (Å²) < 4.78 is 43.7.